The number of halogens is 1. The SMILES string of the molecule is COc1ccccc1C(NC(=O)CCc1cccc(Cl)c1)c1nccn1C. The van der Waals surface area contributed by atoms with Gasteiger partial charge >= 0.3 is 0 Å². The van der Waals surface area contributed by atoms with E-state index in [4.69, 9.17) is 16.3 Å². The Labute approximate surface area is 164 Å². The lowest BCUT2D eigenvalue weighted by Crippen LogP contribution is -2.31. The Morgan fingerprint density at radius 2 is 2.07 bits per heavy atom. The van der Waals surface area contributed by atoms with Gasteiger partial charge in [-0.15, -0.1) is 0 Å². The zero-order chi connectivity index (χ0) is 19.2. The predicted octanol–water partition coefficient (Wildman–Crippen LogP) is 3.92. The minimum absolute atomic E-state index is 0.0612. The molecule has 0 spiro atoms. The van der Waals surface area contributed by atoms with Gasteiger partial charge in [-0.05, 0) is 30.2 Å². The fourth-order valence-corrected chi connectivity index (χ4v) is 3.24. The molecule has 27 heavy (non-hydrogen) atoms. The molecule has 0 bridgehead atoms. The number of aromatic nitrogens is 2. The minimum atomic E-state index is -0.395. The number of benzene rings is 2. The molecule has 1 atom stereocenters. The quantitative estimate of drug-likeness (QED) is 0.672. The number of amides is 1. The summed E-state index contributed by atoms with van der Waals surface area (Å²) in [7, 11) is 3.53. The molecule has 0 radical (unpaired) electrons. The zero-order valence-corrected chi connectivity index (χ0v) is 16.1. The van der Waals surface area contributed by atoms with Crippen molar-refractivity contribution in [3.63, 3.8) is 0 Å². The van der Waals surface area contributed by atoms with Crippen molar-refractivity contribution in [3.05, 3.63) is 82.9 Å². The van der Waals surface area contributed by atoms with E-state index in [0.717, 1.165) is 17.0 Å². The first-order chi connectivity index (χ1) is 13.1. The summed E-state index contributed by atoms with van der Waals surface area (Å²) in [5, 5.41) is 3.77. The predicted molar refractivity (Wildman–Crippen MR) is 106 cm³/mol. The van der Waals surface area contributed by atoms with Gasteiger partial charge in [-0.25, -0.2) is 4.98 Å². The van der Waals surface area contributed by atoms with Gasteiger partial charge in [-0.3, -0.25) is 4.79 Å². The largest absolute Gasteiger partial charge is 0.496 e. The highest BCUT2D eigenvalue weighted by Crippen LogP contribution is 2.29. The number of hydrogen-bond donors (Lipinski definition) is 1. The molecular formula is C21H22ClN3O2. The molecule has 3 aromatic rings. The minimum Gasteiger partial charge on any atom is -0.496 e. The van der Waals surface area contributed by atoms with Gasteiger partial charge in [-0.2, -0.15) is 0 Å². The van der Waals surface area contributed by atoms with Crippen LogP contribution < -0.4 is 10.1 Å². The number of carbonyl (C=O) groups is 1. The second-order valence-corrected chi connectivity index (χ2v) is 6.71. The molecular weight excluding hydrogens is 362 g/mol. The summed E-state index contributed by atoms with van der Waals surface area (Å²) < 4.78 is 7.38. The average molecular weight is 384 g/mol. The number of carbonyl (C=O) groups excluding carboxylic acids is 1. The molecule has 0 aliphatic rings. The third kappa shape index (κ3) is 4.68. The Morgan fingerprint density at radius 1 is 1.26 bits per heavy atom. The van der Waals surface area contributed by atoms with Gasteiger partial charge in [0.2, 0.25) is 5.91 Å². The summed E-state index contributed by atoms with van der Waals surface area (Å²) >= 11 is 6.02. The Morgan fingerprint density at radius 3 is 2.78 bits per heavy atom. The second kappa shape index (κ2) is 8.73. The van der Waals surface area contributed by atoms with Crippen LogP contribution in [0, 0.1) is 0 Å². The van der Waals surface area contributed by atoms with E-state index in [0.29, 0.717) is 23.6 Å². The lowest BCUT2D eigenvalue weighted by molar-refractivity contribution is -0.121. The van der Waals surface area contributed by atoms with Gasteiger partial charge in [-0.1, -0.05) is 41.9 Å². The van der Waals surface area contributed by atoms with Crippen molar-refractivity contribution in [1.29, 1.82) is 0 Å². The van der Waals surface area contributed by atoms with Gasteiger partial charge in [0, 0.05) is 36.4 Å². The van der Waals surface area contributed by atoms with Crippen LogP contribution in [0.2, 0.25) is 5.02 Å². The molecule has 5 nitrogen and oxygen atoms in total. The van der Waals surface area contributed by atoms with Crippen LogP contribution in [0.3, 0.4) is 0 Å². The maximum absolute atomic E-state index is 12.7. The highest BCUT2D eigenvalue weighted by Gasteiger charge is 2.23. The van der Waals surface area contributed by atoms with Crippen LogP contribution in [-0.2, 0) is 18.3 Å². The Kier molecular flexibility index (Phi) is 6.14. The molecule has 0 saturated carbocycles. The van der Waals surface area contributed by atoms with Crippen LogP contribution in [0.4, 0.5) is 0 Å². The molecule has 0 aliphatic carbocycles. The third-order valence-corrected chi connectivity index (χ3v) is 4.64. The van der Waals surface area contributed by atoms with E-state index in [1.165, 1.54) is 0 Å². The molecule has 1 N–H and O–H groups in total. The van der Waals surface area contributed by atoms with Gasteiger partial charge in [0.05, 0.1) is 7.11 Å². The molecule has 140 valence electrons. The molecule has 3 rings (SSSR count). The molecule has 1 amide bonds. The van der Waals surface area contributed by atoms with Gasteiger partial charge in [0.15, 0.2) is 0 Å². The van der Waals surface area contributed by atoms with Crippen molar-refractivity contribution in [2.45, 2.75) is 18.9 Å². The monoisotopic (exact) mass is 383 g/mol. The lowest BCUT2D eigenvalue weighted by Gasteiger charge is -2.21. The highest BCUT2D eigenvalue weighted by atomic mass is 35.5. The number of para-hydroxylation sites is 1. The Hall–Kier alpha value is -2.79. The molecule has 1 aromatic heterocycles. The molecule has 2 aromatic carbocycles. The molecule has 0 saturated heterocycles. The third-order valence-electron chi connectivity index (χ3n) is 4.40. The van der Waals surface area contributed by atoms with E-state index in [1.807, 2.05) is 66.3 Å². The normalized spacial score (nSPS) is 11.8. The number of ether oxygens (including phenoxy) is 1. The molecule has 1 unspecified atom stereocenters. The fourth-order valence-electron chi connectivity index (χ4n) is 3.03. The summed E-state index contributed by atoms with van der Waals surface area (Å²) in [6.07, 6.45) is 4.55. The van der Waals surface area contributed by atoms with Crippen molar-refractivity contribution in [2.75, 3.05) is 7.11 Å². The fraction of sp³-hybridized carbons (Fsp3) is 0.238. The van der Waals surface area contributed by atoms with Crippen molar-refractivity contribution < 1.29 is 9.53 Å². The summed E-state index contributed by atoms with van der Waals surface area (Å²) in [5.41, 5.74) is 1.90. The van der Waals surface area contributed by atoms with Crippen LogP contribution in [0.25, 0.3) is 0 Å². The Balaban J connectivity index is 1.79. The lowest BCUT2D eigenvalue weighted by atomic mass is 10.0. The summed E-state index contributed by atoms with van der Waals surface area (Å²) in [4.78, 5) is 17.1. The van der Waals surface area contributed by atoms with Crippen molar-refractivity contribution in [3.8, 4) is 5.75 Å². The van der Waals surface area contributed by atoms with E-state index in [1.54, 1.807) is 13.3 Å². The number of nitrogens with one attached hydrogen (secondary N) is 1. The van der Waals surface area contributed by atoms with E-state index in [-0.39, 0.29) is 5.91 Å². The summed E-state index contributed by atoms with van der Waals surface area (Å²) in [6.45, 7) is 0. The van der Waals surface area contributed by atoms with Crippen LogP contribution in [0.1, 0.15) is 29.4 Å². The standard InChI is InChI=1S/C21H22ClN3O2/c1-25-13-12-23-21(25)20(17-8-3-4-9-18(17)27-2)24-19(26)11-10-15-6-5-7-16(22)14-15/h3-9,12-14,20H,10-11H2,1-2H3,(H,24,26). The van der Waals surface area contributed by atoms with E-state index < -0.39 is 6.04 Å². The zero-order valence-electron chi connectivity index (χ0n) is 15.4. The molecule has 1 heterocycles. The van der Waals surface area contributed by atoms with Crippen LogP contribution >= 0.6 is 11.6 Å². The molecule has 6 heteroatoms. The maximum Gasteiger partial charge on any atom is 0.221 e. The van der Waals surface area contributed by atoms with Crippen LogP contribution in [0.5, 0.6) is 5.75 Å². The summed E-state index contributed by atoms with van der Waals surface area (Å²) in [5.74, 6) is 1.39. The van der Waals surface area contributed by atoms with Crippen LogP contribution in [-0.4, -0.2) is 22.6 Å². The number of hydrogen-bond acceptors (Lipinski definition) is 3. The number of nitrogens with zero attached hydrogens (tertiary/aromatic N) is 2. The van der Waals surface area contributed by atoms with Crippen molar-refractivity contribution >= 4 is 17.5 Å². The first kappa shape index (κ1) is 19.0. The van der Waals surface area contributed by atoms with E-state index >= 15 is 0 Å². The number of aryl methyl sites for hydroxylation is 2. The first-order valence-electron chi connectivity index (χ1n) is 8.72. The van der Waals surface area contributed by atoms with Gasteiger partial charge < -0.3 is 14.6 Å². The van der Waals surface area contributed by atoms with Crippen molar-refractivity contribution in [2.24, 2.45) is 7.05 Å². The number of rotatable bonds is 7. The Bertz CT molecular complexity index is 923. The van der Waals surface area contributed by atoms with Crippen molar-refractivity contribution in [1.82, 2.24) is 14.9 Å². The van der Waals surface area contributed by atoms with Gasteiger partial charge in [0.1, 0.15) is 17.6 Å². The maximum atomic E-state index is 12.7. The highest BCUT2D eigenvalue weighted by molar-refractivity contribution is 6.30. The number of imidazole rings is 1. The molecule has 0 fully saturated rings. The summed E-state index contributed by atoms with van der Waals surface area (Å²) in [6, 6.07) is 14.8. The molecule has 0 aliphatic heterocycles. The van der Waals surface area contributed by atoms with E-state index in [9.17, 15) is 4.79 Å². The van der Waals surface area contributed by atoms with Crippen LogP contribution in [0.15, 0.2) is 60.9 Å². The topological polar surface area (TPSA) is 56.1 Å². The second-order valence-electron chi connectivity index (χ2n) is 6.27. The number of methoxy groups -OCH3 is 1. The first-order valence-corrected chi connectivity index (χ1v) is 9.10. The van der Waals surface area contributed by atoms with E-state index in [2.05, 4.69) is 10.3 Å². The van der Waals surface area contributed by atoms with Gasteiger partial charge in [0.25, 0.3) is 0 Å². The smallest absolute Gasteiger partial charge is 0.221 e. The average Bonchev–Trinajstić information content (AvgIpc) is 3.10.